The number of hydrogen-bond acceptors (Lipinski definition) is 6. The Hall–Kier alpha value is -4.20. The van der Waals surface area contributed by atoms with Crippen molar-refractivity contribution in [1.82, 2.24) is 19.4 Å². The molecule has 0 radical (unpaired) electrons. The summed E-state index contributed by atoms with van der Waals surface area (Å²) < 4.78 is 12.7. The number of fused-ring (bicyclic) bond motifs is 1. The molecule has 0 N–H and O–H groups in total. The van der Waals surface area contributed by atoms with Crippen LogP contribution in [-0.4, -0.2) is 57.3 Å². The number of rotatable bonds is 4. The molecule has 0 bridgehead atoms. The molecule has 1 aliphatic rings. The monoisotopic (exact) mass is 540 g/mol. The lowest BCUT2D eigenvalue weighted by atomic mass is 9.87. The van der Waals surface area contributed by atoms with Crippen LogP contribution in [-0.2, 0) is 9.47 Å². The summed E-state index contributed by atoms with van der Waals surface area (Å²) >= 11 is 0. The second kappa shape index (κ2) is 10.8. The molecule has 1 aliphatic heterocycles. The first-order valence-corrected chi connectivity index (χ1v) is 13.7. The fourth-order valence-corrected chi connectivity index (χ4v) is 5.43. The highest BCUT2D eigenvalue weighted by Crippen LogP contribution is 2.33. The summed E-state index contributed by atoms with van der Waals surface area (Å²) in [5, 5.41) is 0. The number of carbonyl (C=O) groups excluding carboxylic acids is 2. The van der Waals surface area contributed by atoms with Crippen LogP contribution in [0.4, 0.5) is 4.79 Å². The van der Waals surface area contributed by atoms with E-state index in [9.17, 15) is 9.59 Å². The summed E-state index contributed by atoms with van der Waals surface area (Å²) in [6.45, 7) is 10.8. The van der Waals surface area contributed by atoms with Gasteiger partial charge in [-0.1, -0.05) is 17.2 Å². The first-order valence-electron chi connectivity index (χ1n) is 13.7. The topological polar surface area (TPSA) is 86.6 Å². The fourth-order valence-electron chi connectivity index (χ4n) is 5.43. The average molecular weight is 541 g/mol. The van der Waals surface area contributed by atoms with Crippen LogP contribution in [0.25, 0.3) is 28.1 Å². The smallest absolute Gasteiger partial charge is 0.410 e. The molecule has 0 spiro atoms. The van der Waals surface area contributed by atoms with E-state index in [2.05, 4.69) is 37.0 Å². The molecule has 0 saturated carbocycles. The second-order valence-corrected chi connectivity index (χ2v) is 11.6. The number of benzene rings is 2. The van der Waals surface area contributed by atoms with Crippen LogP contribution in [0.1, 0.15) is 66.6 Å². The Balaban J connectivity index is 1.54. The van der Waals surface area contributed by atoms with Crippen LogP contribution in [0.15, 0.2) is 54.9 Å². The number of hydrogen-bond donors (Lipinski definition) is 0. The number of nitrogens with zero attached hydrogens (tertiary/aromatic N) is 4. The summed E-state index contributed by atoms with van der Waals surface area (Å²) in [5.74, 6) is -0.445. The third kappa shape index (κ3) is 5.71. The Kier molecular flexibility index (Phi) is 7.36. The first kappa shape index (κ1) is 27.4. The van der Waals surface area contributed by atoms with E-state index in [1.165, 1.54) is 18.2 Å². The number of amides is 1. The SMILES string of the molecule is COC(=O)c1ccc(-n2ccc3ncc(-c4cc(C)cc(C)c4)nc32)cc1[C@@H]1CCCN(C(=O)OC(C)(C)C)C1. The molecule has 1 fully saturated rings. The van der Waals surface area contributed by atoms with Gasteiger partial charge in [0.05, 0.1) is 24.6 Å². The van der Waals surface area contributed by atoms with Gasteiger partial charge in [-0.3, -0.25) is 9.55 Å². The van der Waals surface area contributed by atoms with Crippen LogP contribution in [0.2, 0.25) is 0 Å². The van der Waals surface area contributed by atoms with Crippen molar-refractivity contribution in [2.75, 3.05) is 20.2 Å². The summed E-state index contributed by atoms with van der Waals surface area (Å²) in [6.07, 6.45) is 5.07. The molecule has 0 unspecified atom stereocenters. The Bertz CT molecular complexity index is 1560. The van der Waals surface area contributed by atoms with E-state index in [1.807, 2.05) is 49.7 Å². The third-order valence-corrected chi connectivity index (χ3v) is 7.14. The minimum atomic E-state index is -0.576. The molecule has 1 saturated heterocycles. The van der Waals surface area contributed by atoms with E-state index >= 15 is 0 Å². The van der Waals surface area contributed by atoms with E-state index < -0.39 is 11.6 Å². The maximum absolute atomic E-state index is 12.8. The molecular weight excluding hydrogens is 504 g/mol. The van der Waals surface area contributed by atoms with Crippen LogP contribution >= 0.6 is 0 Å². The summed E-state index contributed by atoms with van der Waals surface area (Å²) in [5.41, 5.74) is 7.29. The van der Waals surface area contributed by atoms with Gasteiger partial charge in [-0.2, -0.15) is 0 Å². The lowest BCUT2D eigenvalue weighted by Crippen LogP contribution is -2.42. The third-order valence-electron chi connectivity index (χ3n) is 7.14. The second-order valence-electron chi connectivity index (χ2n) is 11.6. The van der Waals surface area contributed by atoms with Gasteiger partial charge in [-0.15, -0.1) is 0 Å². The molecule has 3 heterocycles. The van der Waals surface area contributed by atoms with E-state index in [0.29, 0.717) is 18.7 Å². The van der Waals surface area contributed by atoms with Crippen molar-refractivity contribution < 1.29 is 19.1 Å². The van der Waals surface area contributed by atoms with Gasteiger partial charge in [0.15, 0.2) is 5.65 Å². The zero-order chi connectivity index (χ0) is 28.6. The normalized spacial score (nSPS) is 15.8. The summed E-state index contributed by atoms with van der Waals surface area (Å²) in [7, 11) is 1.39. The number of methoxy groups -OCH3 is 1. The molecular formula is C32H36N4O4. The fraction of sp³-hybridized carbons (Fsp3) is 0.375. The molecule has 208 valence electrons. The predicted octanol–water partition coefficient (Wildman–Crippen LogP) is 6.61. The van der Waals surface area contributed by atoms with E-state index in [4.69, 9.17) is 14.5 Å². The minimum Gasteiger partial charge on any atom is -0.465 e. The Morgan fingerprint density at radius 1 is 1.02 bits per heavy atom. The van der Waals surface area contributed by atoms with Crippen LogP contribution in [0.5, 0.6) is 0 Å². The van der Waals surface area contributed by atoms with Gasteiger partial charge in [0.1, 0.15) is 11.1 Å². The molecule has 1 amide bonds. The molecule has 4 aromatic rings. The van der Waals surface area contributed by atoms with Crippen LogP contribution < -0.4 is 0 Å². The van der Waals surface area contributed by atoms with Gasteiger partial charge < -0.3 is 14.4 Å². The number of likely N-dealkylation sites (tertiary alicyclic amines) is 1. The zero-order valence-electron chi connectivity index (χ0n) is 24.0. The van der Waals surface area contributed by atoms with E-state index in [1.54, 1.807) is 17.2 Å². The Labute approximate surface area is 234 Å². The van der Waals surface area contributed by atoms with Crippen LogP contribution in [0.3, 0.4) is 0 Å². The van der Waals surface area contributed by atoms with Crippen molar-refractivity contribution in [3.8, 4) is 16.9 Å². The number of aromatic nitrogens is 3. The Morgan fingerprint density at radius 3 is 2.48 bits per heavy atom. The first-order chi connectivity index (χ1) is 19.0. The van der Waals surface area contributed by atoms with E-state index in [0.717, 1.165) is 46.5 Å². The maximum atomic E-state index is 12.8. The van der Waals surface area contributed by atoms with Crippen molar-refractivity contribution in [1.29, 1.82) is 0 Å². The van der Waals surface area contributed by atoms with Gasteiger partial charge >= 0.3 is 12.1 Å². The average Bonchev–Trinajstić information content (AvgIpc) is 3.34. The van der Waals surface area contributed by atoms with Crippen molar-refractivity contribution in [3.05, 3.63) is 77.1 Å². The van der Waals surface area contributed by atoms with Crippen LogP contribution in [0, 0.1) is 13.8 Å². The number of ether oxygens (including phenoxy) is 2. The molecule has 5 rings (SSSR count). The molecule has 2 aromatic carbocycles. The van der Waals surface area contributed by atoms with Gasteiger partial charge in [0.25, 0.3) is 0 Å². The van der Waals surface area contributed by atoms with E-state index in [-0.39, 0.29) is 12.0 Å². The van der Waals surface area contributed by atoms with Gasteiger partial charge in [0, 0.05) is 36.5 Å². The van der Waals surface area contributed by atoms with Gasteiger partial charge in [-0.25, -0.2) is 14.6 Å². The van der Waals surface area contributed by atoms with Gasteiger partial charge in [-0.05, 0) is 89.4 Å². The number of aryl methyl sites for hydroxylation is 2. The standard InChI is InChI=1S/C32H36N4O4/c1-20-14-21(2)16-23(15-20)28-18-33-27-11-13-36(29(27)34-28)24-9-10-25(30(37)39-6)26(17-24)22-8-7-12-35(19-22)31(38)40-32(3,4)5/h9-11,13-18,22H,7-8,12,19H2,1-6H3/t22-/m1/s1. The molecule has 0 aliphatic carbocycles. The number of carbonyl (C=O) groups is 2. The Morgan fingerprint density at radius 2 is 1.77 bits per heavy atom. The number of piperidine rings is 1. The minimum absolute atomic E-state index is 0.0472. The molecule has 8 nitrogen and oxygen atoms in total. The lowest BCUT2D eigenvalue weighted by Gasteiger charge is -2.35. The van der Waals surface area contributed by atoms with Crippen molar-refractivity contribution in [2.45, 2.75) is 59.0 Å². The number of esters is 1. The van der Waals surface area contributed by atoms with Gasteiger partial charge in [0.2, 0.25) is 0 Å². The molecule has 1 atom stereocenters. The zero-order valence-corrected chi connectivity index (χ0v) is 24.0. The molecule has 8 heteroatoms. The summed E-state index contributed by atoms with van der Waals surface area (Å²) in [4.78, 5) is 37.0. The van der Waals surface area contributed by atoms with Crippen molar-refractivity contribution in [3.63, 3.8) is 0 Å². The molecule has 40 heavy (non-hydrogen) atoms. The predicted molar refractivity (Wildman–Crippen MR) is 155 cm³/mol. The van der Waals surface area contributed by atoms with Crippen molar-refractivity contribution in [2.24, 2.45) is 0 Å². The highest BCUT2D eigenvalue weighted by Gasteiger charge is 2.31. The maximum Gasteiger partial charge on any atom is 0.410 e. The lowest BCUT2D eigenvalue weighted by molar-refractivity contribution is 0.0198. The molecule has 2 aromatic heterocycles. The largest absolute Gasteiger partial charge is 0.465 e. The highest BCUT2D eigenvalue weighted by molar-refractivity contribution is 5.92. The quantitative estimate of drug-likeness (QED) is 0.271. The highest BCUT2D eigenvalue weighted by atomic mass is 16.6. The summed E-state index contributed by atoms with van der Waals surface area (Å²) in [6, 6.07) is 14.0. The van der Waals surface area contributed by atoms with Crippen molar-refractivity contribution >= 4 is 23.2 Å².